The number of carbonyl (C=O) groups excluding carboxylic acids is 1. The molecule has 0 fully saturated rings. The van der Waals surface area contributed by atoms with Gasteiger partial charge in [0.15, 0.2) is 5.69 Å². The van der Waals surface area contributed by atoms with Crippen LogP contribution in [0.25, 0.3) is 5.69 Å². The highest BCUT2D eigenvalue weighted by Gasteiger charge is 2.30. The smallest absolute Gasteiger partial charge is 0.272 e. The van der Waals surface area contributed by atoms with Crippen LogP contribution < -0.4 is 14.8 Å². The highest BCUT2D eigenvalue weighted by atomic mass is 32.2. The third kappa shape index (κ3) is 6.63. The third-order valence-corrected chi connectivity index (χ3v) is 7.93. The van der Waals surface area contributed by atoms with Crippen molar-refractivity contribution >= 4 is 21.6 Å². The molecule has 3 rings (SSSR count). The second kappa shape index (κ2) is 11.1. The Balaban J connectivity index is 2.26. The van der Waals surface area contributed by atoms with Crippen molar-refractivity contribution in [1.82, 2.24) is 19.8 Å². The Bertz CT molecular complexity index is 1520. The van der Waals surface area contributed by atoms with Crippen molar-refractivity contribution in [3.05, 3.63) is 68.9 Å². The van der Waals surface area contributed by atoms with E-state index in [9.17, 15) is 23.3 Å². The number of nitrogens with zero attached hydrogens (tertiary/aromatic N) is 3. The summed E-state index contributed by atoms with van der Waals surface area (Å²) in [5.74, 6) is -0.443. The fourth-order valence-corrected chi connectivity index (χ4v) is 5.37. The van der Waals surface area contributed by atoms with Crippen LogP contribution in [0, 0.1) is 30.9 Å². The molecule has 2 aromatic carbocycles. The van der Waals surface area contributed by atoms with Gasteiger partial charge < -0.3 is 10.1 Å². The maximum absolute atomic E-state index is 13.3. The van der Waals surface area contributed by atoms with Crippen molar-refractivity contribution < 1.29 is 22.9 Å². The quantitative estimate of drug-likeness (QED) is 0.275. The van der Waals surface area contributed by atoms with Crippen LogP contribution in [0.1, 0.15) is 68.2 Å². The lowest BCUT2D eigenvalue weighted by Crippen LogP contribution is -2.40. The van der Waals surface area contributed by atoms with Crippen LogP contribution in [0.15, 0.2) is 41.3 Å². The summed E-state index contributed by atoms with van der Waals surface area (Å²) in [6.07, 6.45) is 0.719. The van der Waals surface area contributed by atoms with Crippen molar-refractivity contribution in [2.45, 2.75) is 78.3 Å². The van der Waals surface area contributed by atoms with Crippen LogP contribution >= 0.6 is 0 Å². The Morgan fingerprint density at radius 3 is 2.41 bits per heavy atom. The topological polar surface area (TPSA) is 145 Å². The number of carbonyl (C=O) groups is 1. The van der Waals surface area contributed by atoms with Gasteiger partial charge in [0.25, 0.3) is 11.6 Å². The van der Waals surface area contributed by atoms with Crippen molar-refractivity contribution in [2.75, 3.05) is 0 Å². The standard InChI is InChI=1S/C27H35N5O6S/c1-9-17(3)28-25(33)24-19(5)26(31(29-24)21-12-10-11-16(2)18(21)4)38-22-14-13-20(32(34)35)15-23(22)39(36,37)30-27(6,7)8/h10-15,17,30H,9H2,1-8H3,(H,28,33). The highest BCUT2D eigenvalue weighted by molar-refractivity contribution is 7.89. The average Bonchev–Trinajstić information content (AvgIpc) is 3.15. The molecule has 1 amide bonds. The van der Waals surface area contributed by atoms with Gasteiger partial charge in [-0.25, -0.2) is 13.1 Å². The lowest BCUT2D eigenvalue weighted by atomic mass is 10.1. The second-order valence-electron chi connectivity index (χ2n) is 10.5. The zero-order valence-electron chi connectivity index (χ0n) is 23.4. The predicted molar refractivity (Wildman–Crippen MR) is 148 cm³/mol. The zero-order chi connectivity index (χ0) is 29.3. The van der Waals surface area contributed by atoms with Crippen LogP contribution in [0.3, 0.4) is 0 Å². The molecule has 1 heterocycles. The van der Waals surface area contributed by atoms with E-state index < -0.39 is 37.0 Å². The minimum absolute atomic E-state index is 0.0954. The summed E-state index contributed by atoms with van der Waals surface area (Å²) < 4.78 is 36.8. The molecule has 3 aromatic rings. The summed E-state index contributed by atoms with van der Waals surface area (Å²) in [4.78, 5) is 23.5. The molecule has 1 unspecified atom stereocenters. The summed E-state index contributed by atoms with van der Waals surface area (Å²) in [6, 6.07) is 8.84. The van der Waals surface area contributed by atoms with E-state index in [1.807, 2.05) is 45.9 Å². The molecule has 12 heteroatoms. The number of amides is 1. The van der Waals surface area contributed by atoms with Gasteiger partial charge >= 0.3 is 0 Å². The molecule has 210 valence electrons. The molecule has 0 saturated heterocycles. The number of hydrogen-bond acceptors (Lipinski definition) is 7. The molecular weight excluding hydrogens is 522 g/mol. The van der Waals surface area contributed by atoms with Gasteiger partial charge in [-0.1, -0.05) is 19.1 Å². The Morgan fingerprint density at radius 2 is 1.82 bits per heavy atom. The SMILES string of the molecule is CCC(C)NC(=O)c1nn(-c2cccc(C)c2C)c(Oc2ccc([N+](=O)[O-])cc2S(=O)(=O)NC(C)(C)C)c1C. The third-order valence-electron chi connectivity index (χ3n) is 6.15. The molecule has 0 bridgehead atoms. The van der Waals surface area contributed by atoms with E-state index in [-0.39, 0.29) is 23.4 Å². The Hall–Kier alpha value is -3.77. The summed E-state index contributed by atoms with van der Waals surface area (Å²) in [5, 5.41) is 18.9. The minimum Gasteiger partial charge on any atom is -0.437 e. The second-order valence-corrected chi connectivity index (χ2v) is 12.2. The first-order valence-electron chi connectivity index (χ1n) is 12.5. The molecule has 0 saturated carbocycles. The summed E-state index contributed by atoms with van der Waals surface area (Å²) in [6.45, 7) is 14.3. The van der Waals surface area contributed by atoms with E-state index in [1.54, 1.807) is 27.7 Å². The van der Waals surface area contributed by atoms with Crippen LogP contribution in [-0.4, -0.2) is 40.6 Å². The first kappa shape index (κ1) is 29.8. The van der Waals surface area contributed by atoms with Gasteiger partial charge in [-0.3, -0.25) is 14.9 Å². The number of ether oxygens (including phenoxy) is 1. The van der Waals surface area contributed by atoms with E-state index in [0.29, 0.717) is 11.3 Å². The molecule has 0 spiro atoms. The van der Waals surface area contributed by atoms with Gasteiger partial charge in [-0.05, 0) is 78.1 Å². The number of sulfonamides is 1. The lowest BCUT2D eigenvalue weighted by molar-refractivity contribution is -0.385. The number of nitro benzene ring substituents is 1. The number of rotatable bonds is 9. The van der Waals surface area contributed by atoms with E-state index in [4.69, 9.17) is 4.74 Å². The molecule has 2 N–H and O–H groups in total. The fraction of sp³-hybridized carbons (Fsp3) is 0.407. The number of benzene rings is 2. The molecule has 0 aliphatic heterocycles. The maximum Gasteiger partial charge on any atom is 0.272 e. The fourth-order valence-electron chi connectivity index (χ4n) is 3.81. The van der Waals surface area contributed by atoms with Gasteiger partial charge in [-0.2, -0.15) is 9.78 Å². The predicted octanol–water partition coefficient (Wildman–Crippen LogP) is 5.10. The Kier molecular flexibility index (Phi) is 8.51. The van der Waals surface area contributed by atoms with Crippen molar-refractivity contribution in [2.24, 2.45) is 0 Å². The zero-order valence-corrected chi connectivity index (χ0v) is 24.3. The summed E-state index contributed by atoms with van der Waals surface area (Å²) in [7, 11) is -4.25. The molecule has 1 aromatic heterocycles. The molecule has 0 aliphatic rings. The van der Waals surface area contributed by atoms with Crippen LogP contribution in [0.2, 0.25) is 0 Å². The van der Waals surface area contributed by atoms with Crippen molar-refractivity contribution in [1.29, 1.82) is 0 Å². The molecule has 1 atom stereocenters. The normalized spacial score (nSPS) is 12.7. The largest absolute Gasteiger partial charge is 0.437 e. The number of aryl methyl sites for hydroxylation is 1. The van der Waals surface area contributed by atoms with Crippen LogP contribution in [0.5, 0.6) is 11.6 Å². The lowest BCUT2D eigenvalue weighted by Gasteiger charge is -2.21. The van der Waals surface area contributed by atoms with E-state index >= 15 is 0 Å². The minimum atomic E-state index is -4.25. The Morgan fingerprint density at radius 1 is 1.15 bits per heavy atom. The van der Waals surface area contributed by atoms with Gasteiger partial charge in [0.1, 0.15) is 10.6 Å². The van der Waals surface area contributed by atoms with Crippen molar-refractivity contribution in [3.63, 3.8) is 0 Å². The van der Waals surface area contributed by atoms with Crippen LogP contribution in [-0.2, 0) is 10.0 Å². The maximum atomic E-state index is 13.3. The monoisotopic (exact) mass is 557 g/mol. The first-order chi connectivity index (χ1) is 18.1. The van der Waals surface area contributed by atoms with Gasteiger partial charge in [0, 0.05) is 29.3 Å². The molecule has 0 aliphatic carbocycles. The Labute approximate surface area is 228 Å². The van der Waals surface area contributed by atoms with Crippen molar-refractivity contribution in [3.8, 4) is 17.3 Å². The number of nitrogens with one attached hydrogen (secondary N) is 2. The van der Waals surface area contributed by atoms with E-state index in [1.165, 1.54) is 10.7 Å². The van der Waals surface area contributed by atoms with Crippen LogP contribution in [0.4, 0.5) is 5.69 Å². The van der Waals surface area contributed by atoms with Gasteiger partial charge in [0.2, 0.25) is 15.9 Å². The molecule has 39 heavy (non-hydrogen) atoms. The number of hydrogen-bond donors (Lipinski definition) is 2. The molecule has 0 radical (unpaired) electrons. The molecule has 11 nitrogen and oxygen atoms in total. The number of nitro groups is 1. The number of aromatic nitrogens is 2. The summed E-state index contributed by atoms with van der Waals surface area (Å²) in [5.41, 5.74) is 1.71. The van der Waals surface area contributed by atoms with E-state index in [2.05, 4.69) is 15.1 Å². The average molecular weight is 558 g/mol. The van der Waals surface area contributed by atoms with Gasteiger partial charge in [0.05, 0.1) is 10.6 Å². The highest BCUT2D eigenvalue weighted by Crippen LogP contribution is 2.36. The van der Waals surface area contributed by atoms with Gasteiger partial charge in [-0.15, -0.1) is 0 Å². The summed E-state index contributed by atoms with van der Waals surface area (Å²) >= 11 is 0. The first-order valence-corrected chi connectivity index (χ1v) is 14.0. The molecular formula is C27H35N5O6S. The number of non-ortho nitro benzene ring substituents is 1. The van der Waals surface area contributed by atoms with E-state index in [0.717, 1.165) is 29.7 Å².